The molecule has 1 aliphatic rings. The molecule has 1 aromatic rings. The quantitative estimate of drug-likeness (QED) is 0.881. The molecule has 1 fully saturated rings. The van der Waals surface area contributed by atoms with Crippen molar-refractivity contribution in [2.24, 2.45) is 5.92 Å². The minimum atomic E-state index is 0.276. The highest BCUT2D eigenvalue weighted by molar-refractivity contribution is 5.29. The Morgan fingerprint density at radius 3 is 2.26 bits per heavy atom. The fourth-order valence-corrected chi connectivity index (χ4v) is 2.64. The molecule has 2 atom stereocenters. The van der Waals surface area contributed by atoms with E-state index in [9.17, 15) is 0 Å². The second-order valence-electron chi connectivity index (χ2n) is 4.84. The third-order valence-corrected chi connectivity index (χ3v) is 3.71. The zero-order valence-electron chi connectivity index (χ0n) is 11.8. The molecule has 6 nitrogen and oxygen atoms in total. The maximum atomic E-state index is 5.06. The molecule has 0 aliphatic heterocycles. The van der Waals surface area contributed by atoms with Gasteiger partial charge in [0.25, 0.3) is 0 Å². The summed E-state index contributed by atoms with van der Waals surface area (Å²) in [5.74, 6) is 1.22. The summed E-state index contributed by atoms with van der Waals surface area (Å²) in [6.07, 6.45) is 6.19. The molecule has 0 spiro atoms. The van der Waals surface area contributed by atoms with Crippen LogP contribution in [-0.2, 0) is 0 Å². The van der Waals surface area contributed by atoms with E-state index in [-0.39, 0.29) is 12.0 Å². The SMILES string of the molecule is CCC1CCCCC1Nc1nc(OC)nc(OC)n1. The van der Waals surface area contributed by atoms with Gasteiger partial charge in [0.2, 0.25) is 5.95 Å². The lowest BCUT2D eigenvalue weighted by Crippen LogP contribution is -2.32. The maximum absolute atomic E-state index is 5.06. The van der Waals surface area contributed by atoms with Crippen molar-refractivity contribution in [3.8, 4) is 12.0 Å². The number of ether oxygens (including phenoxy) is 2. The largest absolute Gasteiger partial charge is 0.467 e. The summed E-state index contributed by atoms with van der Waals surface area (Å²) in [6.45, 7) is 2.24. The van der Waals surface area contributed by atoms with Crippen LogP contribution in [0.5, 0.6) is 12.0 Å². The van der Waals surface area contributed by atoms with Gasteiger partial charge >= 0.3 is 12.0 Å². The Labute approximate surface area is 114 Å². The van der Waals surface area contributed by atoms with E-state index in [0.717, 1.165) is 6.42 Å². The van der Waals surface area contributed by atoms with Gasteiger partial charge in [0.1, 0.15) is 0 Å². The molecule has 106 valence electrons. The Bertz CT molecular complexity index is 391. The Hall–Kier alpha value is -1.59. The summed E-state index contributed by atoms with van der Waals surface area (Å²) in [7, 11) is 3.07. The van der Waals surface area contributed by atoms with Gasteiger partial charge in [-0.1, -0.05) is 26.2 Å². The zero-order chi connectivity index (χ0) is 13.7. The number of nitrogens with one attached hydrogen (secondary N) is 1. The number of hydrogen-bond donors (Lipinski definition) is 1. The molecule has 0 aromatic carbocycles. The lowest BCUT2D eigenvalue weighted by atomic mass is 9.83. The molecule has 1 aliphatic carbocycles. The van der Waals surface area contributed by atoms with Crippen molar-refractivity contribution in [2.75, 3.05) is 19.5 Å². The van der Waals surface area contributed by atoms with Gasteiger partial charge in [0.15, 0.2) is 0 Å². The standard InChI is InChI=1S/C13H22N4O2/c1-4-9-7-5-6-8-10(9)14-11-15-12(18-2)17-13(16-11)19-3/h9-10H,4-8H2,1-3H3,(H,14,15,16,17). The molecule has 1 aromatic heterocycles. The van der Waals surface area contributed by atoms with Gasteiger partial charge in [-0.3, -0.25) is 0 Å². The minimum Gasteiger partial charge on any atom is -0.467 e. The number of methoxy groups -OCH3 is 2. The summed E-state index contributed by atoms with van der Waals surface area (Å²) < 4.78 is 10.1. The monoisotopic (exact) mass is 266 g/mol. The van der Waals surface area contributed by atoms with Gasteiger partial charge in [-0.05, 0) is 18.8 Å². The van der Waals surface area contributed by atoms with Crippen LogP contribution >= 0.6 is 0 Å². The summed E-state index contributed by atoms with van der Waals surface area (Å²) in [5, 5.41) is 3.41. The summed E-state index contributed by atoms with van der Waals surface area (Å²) in [4.78, 5) is 12.5. The first-order valence-electron chi connectivity index (χ1n) is 6.87. The molecule has 0 bridgehead atoms. The van der Waals surface area contributed by atoms with Gasteiger partial charge < -0.3 is 14.8 Å². The van der Waals surface area contributed by atoms with Gasteiger partial charge in [-0.2, -0.15) is 9.97 Å². The van der Waals surface area contributed by atoms with Crippen LogP contribution in [-0.4, -0.2) is 35.2 Å². The van der Waals surface area contributed by atoms with E-state index in [2.05, 4.69) is 27.2 Å². The summed E-state index contributed by atoms with van der Waals surface area (Å²) in [5.41, 5.74) is 0. The molecule has 1 N–H and O–H groups in total. The zero-order valence-corrected chi connectivity index (χ0v) is 11.8. The van der Waals surface area contributed by atoms with Crippen molar-refractivity contribution in [1.82, 2.24) is 15.0 Å². The van der Waals surface area contributed by atoms with E-state index in [0.29, 0.717) is 17.9 Å². The topological polar surface area (TPSA) is 69.2 Å². The van der Waals surface area contributed by atoms with Crippen LogP contribution in [0.15, 0.2) is 0 Å². The lowest BCUT2D eigenvalue weighted by molar-refractivity contribution is 0.313. The predicted molar refractivity (Wildman–Crippen MR) is 72.6 cm³/mol. The van der Waals surface area contributed by atoms with Gasteiger partial charge in [-0.15, -0.1) is 4.98 Å². The van der Waals surface area contributed by atoms with Crippen LogP contribution in [0.1, 0.15) is 39.0 Å². The van der Waals surface area contributed by atoms with E-state index in [1.54, 1.807) is 0 Å². The first-order chi connectivity index (χ1) is 9.26. The van der Waals surface area contributed by atoms with Crippen molar-refractivity contribution in [1.29, 1.82) is 0 Å². The third kappa shape index (κ3) is 3.45. The molecule has 1 heterocycles. The van der Waals surface area contributed by atoms with Gasteiger partial charge in [0, 0.05) is 6.04 Å². The predicted octanol–water partition coefficient (Wildman–Crippen LogP) is 2.27. The fourth-order valence-electron chi connectivity index (χ4n) is 2.64. The molecule has 2 rings (SSSR count). The highest BCUT2D eigenvalue weighted by Crippen LogP contribution is 2.29. The average Bonchev–Trinajstić information content (AvgIpc) is 2.47. The van der Waals surface area contributed by atoms with Crippen molar-refractivity contribution in [3.63, 3.8) is 0 Å². The van der Waals surface area contributed by atoms with Crippen molar-refractivity contribution >= 4 is 5.95 Å². The number of rotatable bonds is 5. The fraction of sp³-hybridized carbons (Fsp3) is 0.769. The second-order valence-corrected chi connectivity index (χ2v) is 4.84. The van der Waals surface area contributed by atoms with Crippen molar-refractivity contribution in [2.45, 2.75) is 45.1 Å². The molecular weight excluding hydrogens is 244 g/mol. The van der Waals surface area contributed by atoms with E-state index in [4.69, 9.17) is 9.47 Å². The molecule has 2 unspecified atom stereocenters. The Balaban J connectivity index is 2.12. The smallest absolute Gasteiger partial charge is 0.324 e. The molecule has 1 saturated carbocycles. The third-order valence-electron chi connectivity index (χ3n) is 3.71. The number of hydrogen-bond acceptors (Lipinski definition) is 6. The molecule has 19 heavy (non-hydrogen) atoms. The summed E-state index contributed by atoms with van der Waals surface area (Å²) >= 11 is 0. The van der Waals surface area contributed by atoms with Crippen LogP contribution in [0.25, 0.3) is 0 Å². The molecule has 0 saturated heterocycles. The van der Waals surface area contributed by atoms with Crippen molar-refractivity contribution < 1.29 is 9.47 Å². The van der Waals surface area contributed by atoms with Crippen LogP contribution in [0.4, 0.5) is 5.95 Å². The van der Waals surface area contributed by atoms with E-state index in [1.807, 2.05) is 0 Å². The summed E-state index contributed by atoms with van der Waals surface area (Å²) in [6, 6.07) is 0.979. The van der Waals surface area contributed by atoms with Gasteiger partial charge in [-0.25, -0.2) is 0 Å². The van der Waals surface area contributed by atoms with Crippen LogP contribution < -0.4 is 14.8 Å². The lowest BCUT2D eigenvalue weighted by Gasteiger charge is -2.31. The van der Waals surface area contributed by atoms with Gasteiger partial charge in [0.05, 0.1) is 14.2 Å². The first-order valence-corrected chi connectivity index (χ1v) is 6.87. The molecule has 0 radical (unpaired) electrons. The highest BCUT2D eigenvalue weighted by Gasteiger charge is 2.24. The van der Waals surface area contributed by atoms with E-state index >= 15 is 0 Å². The van der Waals surface area contributed by atoms with E-state index < -0.39 is 0 Å². The molecule has 0 amide bonds. The van der Waals surface area contributed by atoms with Crippen LogP contribution in [0.2, 0.25) is 0 Å². The maximum Gasteiger partial charge on any atom is 0.324 e. The second kappa shape index (κ2) is 6.54. The van der Waals surface area contributed by atoms with Crippen LogP contribution in [0, 0.1) is 5.92 Å². The Morgan fingerprint density at radius 1 is 1.05 bits per heavy atom. The Kier molecular flexibility index (Phi) is 4.76. The first kappa shape index (κ1) is 13.8. The average molecular weight is 266 g/mol. The number of anilines is 1. The molecule has 6 heteroatoms. The normalized spacial score (nSPS) is 22.9. The molecular formula is C13H22N4O2. The van der Waals surface area contributed by atoms with E-state index in [1.165, 1.54) is 39.9 Å². The number of aromatic nitrogens is 3. The minimum absolute atomic E-state index is 0.276. The van der Waals surface area contributed by atoms with Crippen molar-refractivity contribution in [3.05, 3.63) is 0 Å². The van der Waals surface area contributed by atoms with Crippen LogP contribution in [0.3, 0.4) is 0 Å². The number of nitrogens with zero attached hydrogens (tertiary/aromatic N) is 3. The highest BCUT2D eigenvalue weighted by atomic mass is 16.5. The Morgan fingerprint density at radius 2 is 1.68 bits per heavy atom.